The quantitative estimate of drug-likeness (QED) is 0.752. The molecule has 2 unspecified atom stereocenters. The van der Waals surface area contributed by atoms with E-state index in [1.165, 1.54) is 71.5 Å². The van der Waals surface area contributed by atoms with E-state index in [0.29, 0.717) is 6.61 Å². The van der Waals surface area contributed by atoms with Crippen LogP contribution in [-0.2, 0) is 0 Å². The van der Waals surface area contributed by atoms with Crippen LogP contribution in [0.4, 0.5) is 0 Å². The van der Waals surface area contributed by atoms with Crippen LogP contribution in [0.15, 0.2) is 0 Å². The molecule has 0 spiro atoms. The number of aliphatic hydroxyl groups is 1. The summed E-state index contributed by atoms with van der Waals surface area (Å²) in [6, 6.07) is 0.754. The zero-order chi connectivity index (χ0) is 15.2. The molecule has 5 nitrogen and oxygen atoms in total. The first-order valence-corrected chi connectivity index (χ1v) is 9.37. The maximum absolute atomic E-state index is 9.06. The van der Waals surface area contributed by atoms with Crippen molar-refractivity contribution in [2.24, 2.45) is 5.92 Å². The van der Waals surface area contributed by atoms with Crippen LogP contribution in [0.5, 0.6) is 0 Å². The lowest BCUT2D eigenvalue weighted by Crippen LogP contribution is -2.57. The second-order valence-electron chi connectivity index (χ2n) is 7.28. The summed E-state index contributed by atoms with van der Waals surface area (Å²) in [4.78, 5) is 7.82. The van der Waals surface area contributed by atoms with Gasteiger partial charge in [0.05, 0.1) is 6.61 Å². The third kappa shape index (κ3) is 4.42. The molecule has 3 saturated heterocycles. The van der Waals surface area contributed by atoms with Crippen molar-refractivity contribution in [1.82, 2.24) is 20.0 Å². The Morgan fingerprint density at radius 2 is 1.64 bits per heavy atom. The van der Waals surface area contributed by atoms with Gasteiger partial charge in [0, 0.05) is 51.9 Å². The second kappa shape index (κ2) is 8.60. The Morgan fingerprint density at radius 3 is 2.36 bits per heavy atom. The van der Waals surface area contributed by atoms with Gasteiger partial charge in [-0.1, -0.05) is 6.42 Å². The highest BCUT2D eigenvalue weighted by Crippen LogP contribution is 2.23. The summed E-state index contributed by atoms with van der Waals surface area (Å²) in [6.45, 7) is 12.0. The van der Waals surface area contributed by atoms with Crippen molar-refractivity contribution in [2.75, 3.05) is 72.1 Å². The number of hydrogen-bond donors (Lipinski definition) is 2. The highest BCUT2D eigenvalue weighted by molar-refractivity contribution is 4.89. The Balaban J connectivity index is 1.49. The van der Waals surface area contributed by atoms with Crippen molar-refractivity contribution in [1.29, 1.82) is 0 Å². The van der Waals surface area contributed by atoms with E-state index in [-0.39, 0.29) is 0 Å². The van der Waals surface area contributed by atoms with E-state index >= 15 is 0 Å². The van der Waals surface area contributed by atoms with Gasteiger partial charge in [0.1, 0.15) is 0 Å². The van der Waals surface area contributed by atoms with Gasteiger partial charge >= 0.3 is 0 Å². The predicted molar refractivity (Wildman–Crippen MR) is 90.2 cm³/mol. The third-order valence-electron chi connectivity index (χ3n) is 5.82. The number of nitrogens with zero attached hydrogens (tertiary/aromatic N) is 3. The predicted octanol–water partition coefficient (Wildman–Crippen LogP) is 0.0603. The smallest absolute Gasteiger partial charge is 0.0558 e. The summed E-state index contributed by atoms with van der Waals surface area (Å²) >= 11 is 0. The number of piperazine rings is 1. The zero-order valence-corrected chi connectivity index (χ0v) is 14.1. The molecule has 5 heteroatoms. The van der Waals surface area contributed by atoms with Crippen LogP contribution in [0.3, 0.4) is 0 Å². The van der Waals surface area contributed by atoms with E-state index in [9.17, 15) is 0 Å². The van der Waals surface area contributed by atoms with Gasteiger partial charge in [-0.3, -0.25) is 9.80 Å². The van der Waals surface area contributed by atoms with Crippen LogP contribution in [0.25, 0.3) is 0 Å². The van der Waals surface area contributed by atoms with E-state index in [1.807, 2.05) is 0 Å². The zero-order valence-electron chi connectivity index (χ0n) is 14.1. The molecule has 3 rings (SSSR count). The number of hydrogen-bond acceptors (Lipinski definition) is 5. The highest BCUT2D eigenvalue weighted by Gasteiger charge is 2.32. The van der Waals surface area contributed by atoms with E-state index < -0.39 is 0 Å². The Kier molecular flexibility index (Phi) is 6.51. The van der Waals surface area contributed by atoms with E-state index in [0.717, 1.165) is 31.6 Å². The Morgan fingerprint density at radius 1 is 0.909 bits per heavy atom. The first kappa shape index (κ1) is 16.7. The fraction of sp³-hybridized carbons (Fsp3) is 1.00. The molecule has 2 atom stereocenters. The molecule has 3 fully saturated rings. The number of likely N-dealkylation sites (tertiary alicyclic amines) is 1. The minimum absolute atomic E-state index is 0.297. The van der Waals surface area contributed by atoms with Gasteiger partial charge in [-0.15, -0.1) is 0 Å². The van der Waals surface area contributed by atoms with E-state index in [4.69, 9.17) is 5.11 Å². The number of β-amino-alcohol motifs (C(OH)–C–C–N with tert-alkyl or cyclic N) is 1. The fourth-order valence-electron chi connectivity index (χ4n) is 4.46. The molecule has 0 aromatic heterocycles. The van der Waals surface area contributed by atoms with Crippen LogP contribution < -0.4 is 5.32 Å². The van der Waals surface area contributed by atoms with E-state index in [1.54, 1.807) is 0 Å². The van der Waals surface area contributed by atoms with Gasteiger partial charge in [0.15, 0.2) is 0 Å². The van der Waals surface area contributed by atoms with E-state index in [2.05, 4.69) is 20.0 Å². The molecule has 3 heterocycles. The van der Waals surface area contributed by atoms with Gasteiger partial charge in [-0.25, -0.2) is 0 Å². The van der Waals surface area contributed by atoms with Gasteiger partial charge < -0.3 is 15.3 Å². The summed E-state index contributed by atoms with van der Waals surface area (Å²) in [6.07, 6.45) is 5.54. The van der Waals surface area contributed by atoms with Crippen LogP contribution in [0.2, 0.25) is 0 Å². The second-order valence-corrected chi connectivity index (χ2v) is 7.28. The van der Waals surface area contributed by atoms with Gasteiger partial charge in [0.2, 0.25) is 0 Å². The highest BCUT2D eigenvalue weighted by atomic mass is 16.3. The Bertz CT molecular complexity index is 314. The monoisotopic (exact) mass is 310 g/mol. The van der Waals surface area contributed by atoms with Crippen LogP contribution in [-0.4, -0.2) is 97.9 Å². The molecule has 128 valence electrons. The molecule has 2 N–H and O–H groups in total. The van der Waals surface area contributed by atoms with Crippen molar-refractivity contribution in [3.05, 3.63) is 0 Å². The molecule has 0 amide bonds. The summed E-state index contributed by atoms with van der Waals surface area (Å²) < 4.78 is 0. The normalized spacial score (nSPS) is 33.1. The lowest BCUT2D eigenvalue weighted by atomic mass is 9.89. The largest absolute Gasteiger partial charge is 0.395 e. The van der Waals surface area contributed by atoms with Crippen LogP contribution in [0, 0.1) is 5.92 Å². The Hall–Kier alpha value is -0.200. The lowest BCUT2D eigenvalue weighted by molar-refractivity contribution is 0.0510. The summed E-state index contributed by atoms with van der Waals surface area (Å²) in [5, 5.41) is 12.7. The summed E-state index contributed by atoms with van der Waals surface area (Å²) in [5.41, 5.74) is 0. The molecule has 0 bridgehead atoms. The SMILES string of the molecule is OCCN1CCN(CC2CCNCC2N2CCCCC2)CC1. The first-order chi connectivity index (χ1) is 10.9. The van der Waals surface area contributed by atoms with Gasteiger partial charge in [0.25, 0.3) is 0 Å². The van der Waals surface area contributed by atoms with Gasteiger partial charge in [-0.05, 0) is 44.8 Å². The standard InChI is InChI=1S/C17H34N4O/c22-13-12-19-8-10-20(11-9-19)15-16-4-5-18-14-17(16)21-6-2-1-3-7-21/h16-18,22H,1-15H2. The minimum Gasteiger partial charge on any atom is -0.395 e. The molecule has 0 aliphatic carbocycles. The molecule has 0 saturated carbocycles. The van der Waals surface area contributed by atoms with Gasteiger partial charge in [-0.2, -0.15) is 0 Å². The average Bonchev–Trinajstić information content (AvgIpc) is 2.58. The minimum atomic E-state index is 0.297. The summed E-state index contributed by atoms with van der Waals surface area (Å²) in [7, 11) is 0. The summed E-state index contributed by atoms with van der Waals surface area (Å²) in [5.74, 6) is 0.837. The molecule has 0 radical (unpaired) electrons. The average molecular weight is 310 g/mol. The molecule has 0 aromatic carbocycles. The number of rotatable bonds is 5. The van der Waals surface area contributed by atoms with Crippen LogP contribution >= 0.6 is 0 Å². The van der Waals surface area contributed by atoms with Crippen molar-refractivity contribution in [2.45, 2.75) is 31.7 Å². The fourth-order valence-corrected chi connectivity index (χ4v) is 4.46. The van der Waals surface area contributed by atoms with Crippen molar-refractivity contribution in [3.63, 3.8) is 0 Å². The van der Waals surface area contributed by atoms with Crippen molar-refractivity contribution < 1.29 is 5.11 Å². The molecule has 3 aliphatic heterocycles. The topological polar surface area (TPSA) is 42.0 Å². The maximum atomic E-state index is 9.06. The Labute approximate surface area is 135 Å². The molecule has 22 heavy (non-hydrogen) atoms. The van der Waals surface area contributed by atoms with Crippen molar-refractivity contribution in [3.8, 4) is 0 Å². The number of piperidine rings is 2. The molecule has 3 aliphatic rings. The maximum Gasteiger partial charge on any atom is 0.0558 e. The van der Waals surface area contributed by atoms with Crippen molar-refractivity contribution >= 4 is 0 Å². The third-order valence-corrected chi connectivity index (χ3v) is 5.82. The molecular formula is C17H34N4O. The first-order valence-electron chi connectivity index (χ1n) is 9.37. The molecular weight excluding hydrogens is 276 g/mol. The molecule has 0 aromatic rings. The number of nitrogens with one attached hydrogen (secondary N) is 1. The van der Waals surface area contributed by atoms with Crippen LogP contribution in [0.1, 0.15) is 25.7 Å². The lowest BCUT2D eigenvalue weighted by Gasteiger charge is -2.44. The number of aliphatic hydroxyl groups excluding tert-OH is 1.